The summed E-state index contributed by atoms with van der Waals surface area (Å²) in [6.45, 7) is 22.2. The van der Waals surface area contributed by atoms with Crippen LogP contribution in [0.1, 0.15) is 108 Å². The van der Waals surface area contributed by atoms with Crippen molar-refractivity contribution >= 4 is 17.9 Å². The van der Waals surface area contributed by atoms with Crippen molar-refractivity contribution in [1.82, 2.24) is 0 Å². The Morgan fingerprint density at radius 2 is 1.45 bits per heavy atom. The third-order valence-electron chi connectivity index (χ3n) is 8.60. The maximum Gasteiger partial charge on any atom is 0.309 e. The Kier molecular flexibility index (Phi) is 10.8. The van der Waals surface area contributed by atoms with Crippen molar-refractivity contribution in [2.24, 2.45) is 34.5 Å². The van der Waals surface area contributed by atoms with E-state index in [0.29, 0.717) is 0 Å². The van der Waals surface area contributed by atoms with E-state index >= 15 is 0 Å². The van der Waals surface area contributed by atoms with Crippen LogP contribution in [0.3, 0.4) is 0 Å². The molecular formula is C32H52O6. The third-order valence-corrected chi connectivity index (χ3v) is 8.60. The lowest BCUT2D eigenvalue weighted by Gasteiger charge is -2.59. The van der Waals surface area contributed by atoms with Gasteiger partial charge in [-0.15, -0.1) is 0 Å². The number of hydrogen-bond acceptors (Lipinski definition) is 6. The van der Waals surface area contributed by atoms with Gasteiger partial charge in [-0.2, -0.15) is 0 Å². The maximum atomic E-state index is 12.9. The Hall–Kier alpha value is -2.11. The molecule has 6 nitrogen and oxygen atoms in total. The van der Waals surface area contributed by atoms with Gasteiger partial charge in [-0.05, 0) is 62.0 Å². The minimum Gasteiger partial charge on any atom is -0.461 e. The molecule has 0 bridgehead atoms. The molecule has 0 aromatic heterocycles. The van der Waals surface area contributed by atoms with Crippen molar-refractivity contribution in [2.75, 3.05) is 6.61 Å². The molecule has 0 radical (unpaired) electrons. The lowest BCUT2D eigenvalue weighted by atomic mass is 9.48. The average molecular weight is 533 g/mol. The van der Waals surface area contributed by atoms with Gasteiger partial charge in [0.1, 0.15) is 12.7 Å². The fourth-order valence-corrected chi connectivity index (χ4v) is 6.43. The summed E-state index contributed by atoms with van der Waals surface area (Å²) in [6, 6.07) is 0. The largest absolute Gasteiger partial charge is 0.461 e. The second kappa shape index (κ2) is 12.8. The van der Waals surface area contributed by atoms with Crippen LogP contribution in [0.25, 0.3) is 0 Å². The lowest BCUT2D eigenvalue weighted by molar-refractivity contribution is -0.191. The molecule has 216 valence electrons. The quantitative estimate of drug-likeness (QED) is 0.168. The van der Waals surface area contributed by atoms with Crippen LogP contribution in [0.4, 0.5) is 0 Å². The second-order valence-electron chi connectivity index (χ2n) is 13.3. The van der Waals surface area contributed by atoms with Crippen LogP contribution in [-0.4, -0.2) is 36.7 Å². The Balaban J connectivity index is 2.50. The van der Waals surface area contributed by atoms with Gasteiger partial charge in [0.25, 0.3) is 0 Å². The van der Waals surface area contributed by atoms with Crippen molar-refractivity contribution in [3.05, 3.63) is 22.8 Å². The molecule has 0 heterocycles. The first-order valence-electron chi connectivity index (χ1n) is 14.5. The number of esters is 3. The molecule has 1 saturated carbocycles. The van der Waals surface area contributed by atoms with Gasteiger partial charge in [-0.1, -0.05) is 79.9 Å². The number of carbonyl (C=O) groups is 3. The maximum absolute atomic E-state index is 12.9. The number of carbonyl (C=O) groups excluding carboxylic acids is 3. The van der Waals surface area contributed by atoms with Gasteiger partial charge in [0, 0.05) is 5.92 Å². The van der Waals surface area contributed by atoms with E-state index in [9.17, 15) is 14.4 Å². The van der Waals surface area contributed by atoms with E-state index in [1.165, 1.54) is 5.57 Å². The highest BCUT2D eigenvalue weighted by atomic mass is 16.6. The van der Waals surface area contributed by atoms with Crippen LogP contribution in [0.2, 0.25) is 0 Å². The molecule has 0 aromatic rings. The molecule has 0 spiro atoms. The van der Waals surface area contributed by atoms with Gasteiger partial charge in [0.2, 0.25) is 0 Å². The molecule has 0 aliphatic heterocycles. The zero-order valence-electron chi connectivity index (χ0n) is 25.7. The zero-order valence-corrected chi connectivity index (χ0v) is 25.7. The summed E-state index contributed by atoms with van der Waals surface area (Å²) in [6.07, 6.45) is 5.61. The summed E-state index contributed by atoms with van der Waals surface area (Å²) in [5, 5.41) is 0. The van der Waals surface area contributed by atoms with E-state index < -0.39 is 12.2 Å². The topological polar surface area (TPSA) is 78.9 Å². The van der Waals surface area contributed by atoms with Crippen molar-refractivity contribution in [1.29, 1.82) is 0 Å². The highest BCUT2D eigenvalue weighted by Crippen LogP contribution is 2.61. The zero-order chi connectivity index (χ0) is 29.0. The highest BCUT2D eigenvalue weighted by Gasteiger charge is 2.59. The van der Waals surface area contributed by atoms with Crippen molar-refractivity contribution in [2.45, 2.75) is 120 Å². The van der Waals surface area contributed by atoms with Gasteiger partial charge in [-0.25, -0.2) is 0 Å². The number of ether oxygens (including phenoxy) is 3. The standard InChI is InChI=1S/C32H52O6/c1-19(2)28(33)36-18-15-22(7)13-14-24-23(8)25(37-29(34)20(3)4)26(38-30(35)21(5)6)27-31(9,10)16-12-17-32(24,27)11/h15,19-21,25-27H,12-14,16-18H2,1-11H3/b22-15+/t25-,26+,27-,32+/m0/s1. The van der Waals surface area contributed by atoms with Gasteiger partial charge >= 0.3 is 17.9 Å². The van der Waals surface area contributed by atoms with Gasteiger partial charge in [0.15, 0.2) is 6.10 Å². The Bertz CT molecular complexity index is 938. The summed E-state index contributed by atoms with van der Waals surface area (Å²) in [7, 11) is 0. The summed E-state index contributed by atoms with van der Waals surface area (Å²) < 4.78 is 17.7. The number of fused-ring (bicyclic) bond motifs is 1. The lowest BCUT2D eigenvalue weighted by Crippen LogP contribution is -2.59. The van der Waals surface area contributed by atoms with E-state index in [4.69, 9.17) is 14.2 Å². The van der Waals surface area contributed by atoms with E-state index in [1.54, 1.807) is 0 Å². The molecule has 2 aliphatic carbocycles. The Morgan fingerprint density at radius 3 is 2.00 bits per heavy atom. The average Bonchev–Trinajstić information content (AvgIpc) is 2.79. The SMILES string of the molecule is CC1=C(CC/C(C)=C/COC(=O)C(C)C)[C@@]2(C)CCCC(C)(C)[C@@H]2[C@H](OC(=O)C(C)C)[C@H]1OC(=O)C(C)C. The third kappa shape index (κ3) is 7.30. The van der Waals surface area contributed by atoms with Crippen LogP contribution in [0, 0.1) is 34.5 Å². The molecule has 0 aromatic carbocycles. The van der Waals surface area contributed by atoms with Crippen molar-refractivity contribution in [3.63, 3.8) is 0 Å². The monoisotopic (exact) mass is 532 g/mol. The van der Waals surface area contributed by atoms with Crippen LogP contribution >= 0.6 is 0 Å². The molecule has 0 N–H and O–H groups in total. The van der Waals surface area contributed by atoms with Crippen LogP contribution in [-0.2, 0) is 28.6 Å². The summed E-state index contributed by atoms with van der Waals surface area (Å²) in [5.74, 6) is -1.40. The molecule has 2 rings (SSSR count). The van der Waals surface area contributed by atoms with Crippen LogP contribution in [0.5, 0.6) is 0 Å². The molecule has 4 atom stereocenters. The molecule has 2 aliphatic rings. The highest BCUT2D eigenvalue weighted by molar-refractivity contribution is 5.73. The Morgan fingerprint density at radius 1 is 0.895 bits per heavy atom. The van der Waals surface area contributed by atoms with Crippen molar-refractivity contribution in [3.8, 4) is 0 Å². The van der Waals surface area contributed by atoms with Crippen molar-refractivity contribution < 1.29 is 28.6 Å². The summed E-state index contributed by atoms with van der Waals surface area (Å²) >= 11 is 0. The molecule has 0 saturated heterocycles. The van der Waals surface area contributed by atoms with Gasteiger partial charge in [0.05, 0.1) is 17.8 Å². The van der Waals surface area contributed by atoms with Crippen LogP contribution < -0.4 is 0 Å². The molecule has 38 heavy (non-hydrogen) atoms. The smallest absolute Gasteiger partial charge is 0.309 e. The normalized spacial score (nSPS) is 27.4. The Labute approximate surface area is 230 Å². The number of allylic oxidation sites excluding steroid dienone is 2. The fraction of sp³-hybridized carbons (Fsp3) is 0.781. The van der Waals surface area contributed by atoms with E-state index in [0.717, 1.165) is 43.3 Å². The molecule has 0 unspecified atom stereocenters. The first kappa shape index (κ1) is 32.1. The molecule has 1 fully saturated rings. The van der Waals surface area contributed by atoms with E-state index in [1.807, 2.05) is 47.6 Å². The number of hydrogen-bond donors (Lipinski definition) is 0. The summed E-state index contributed by atoms with van der Waals surface area (Å²) in [4.78, 5) is 37.6. The molecular weight excluding hydrogens is 480 g/mol. The summed E-state index contributed by atoms with van der Waals surface area (Å²) in [5.41, 5.74) is 3.19. The predicted octanol–water partition coefficient (Wildman–Crippen LogP) is 7.21. The fourth-order valence-electron chi connectivity index (χ4n) is 6.43. The predicted molar refractivity (Wildman–Crippen MR) is 150 cm³/mol. The van der Waals surface area contributed by atoms with Crippen LogP contribution in [0.15, 0.2) is 22.8 Å². The van der Waals surface area contributed by atoms with Gasteiger partial charge in [-0.3, -0.25) is 14.4 Å². The second-order valence-corrected chi connectivity index (χ2v) is 13.3. The first-order chi connectivity index (χ1) is 17.5. The van der Waals surface area contributed by atoms with E-state index in [2.05, 4.69) is 34.6 Å². The minimum absolute atomic E-state index is 0.0198. The first-order valence-corrected chi connectivity index (χ1v) is 14.5. The van der Waals surface area contributed by atoms with E-state index in [-0.39, 0.29) is 59.0 Å². The molecule has 0 amide bonds. The number of rotatable bonds is 10. The molecule has 6 heteroatoms. The minimum atomic E-state index is -0.602. The van der Waals surface area contributed by atoms with Gasteiger partial charge < -0.3 is 14.2 Å².